The molecule has 3 fully saturated rings. The summed E-state index contributed by atoms with van der Waals surface area (Å²) in [5, 5.41) is 3.29. The molecule has 0 aromatic heterocycles. The summed E-state index contributed by atoms with van der Waals surface area (Å²) in [5.41, 5.74) is 2.90. The van der Waals surface area contributed by atoms with Crippen LogP contribution in [0.5, 0.6) is 0 Å². The Bertz CT molecular complexity index is 656. The van der Waals surface area contributed by atoms with Crippen LogP contribution in [-0.2, 0) is 15.9 Å². The van der Waals surface area contributed by atoms with E-state index in [0.29, 0.717) is 37.6 Å². The maximum atomic E-state index is 12.7. The third kappa shape index (κ3) is 2.33. The number of nitrogens with zero attached hydrogens (tertiary/aromatic N) is 1. The lowest BCUT2D eigenvalue weighted by Crippen LogP contribution is -2.54. The van der Waals surface area contributed by atoms with Crippen molar-refractivity contribution in [3.05, 3.63) is 35.4 Å². The van der Waals surface area contributed by atoms with Crippen molar-refractivity contribution in [2.24, 2.45) is 5.92 Å². The van der Waals surface area contributed by atoms with Crippen LogP contribution in [0, 0.1) is 5.92 Å². The van der Waals surface area contributed by atoms with Crippen LogP contribution in [0.15, 0.2) is 24.3 Å². The molecule has 4 aliphatic rings. The van der Waals surface area contributed by atoms with Gasteiger partial charge < -0.3 is 19.7 Å². The van der Waals surface area contributed by atoms with E-state index in [1.807, 2.05) is 4.90 Å². The minimum Gasteiger partial charge on any atom is -0.346 e. The second kappa shape index (κ2) is 5.46. The van der Waals surface area contributed by atoms with Gasteiger partial charge in [-0.1, -0.05) is 24.3 Å². The van der Waals surface area contributed by atoms with Gasteiger partial charge in [0, 0.05) is 24.9 Å². The molecule has 2 amide bonds. The number of piperidine rings is 1. The number of amides is 2. The largest absolute Gasteiger partial charge is 0.346 e. The standard InChI is InChI=1S/C19H24N2O3/c22-18(21-9-3-8-19(12-21)23-10-11-24-19)20-17-15-7-6-13-4-1-2-5-14(13)16(15)17/h1-2,4-5,15-17H,3,6-12H2,(H,20,22)/t15-,16-,17+/m0/s1. The zero-order chi connectivity index (χ0) is 16.1. The molecule has 1 saturated carbocycles. The van der Waals surface area contributed by atoms with E-state index in [1.54, 1.807) is 0 Å². The molecule has 2 saturated heterocycles. The third-order valence-electron chi connectivity index (χ3n) is 6.14. The van der Waals surface area contributed by atoms with Crippen molar-refractivity contribution in [2.45, 2.75) is 43.4 Å². The minimum absolute atomic E-state index is 0.0463. The fourth-order valence-corrected chi connectivity index (χ4v) is 4.89. The van der Waals surface area contributed by atoms with Crippen molar-refractivity contribution in [3.63, 3.8) is 0 Å². The number of likely N-dealkylation sites (tertiary alicyclic amines) is 1. The third-order valence-corrected chi connectivity index (χ3v) is 6.14. The van der Waals surface area contributed by atoms with Crippen molar-refractivity contribution >= 4 is 6.03 Å². The lowest BCUT2D eigenvalue weighted by molar-refractivity contribution is -0.182. The summed E-state index contributed by atoms with van der Waals surface area (Å²) >= 11 is 0. The predicted octanol–water partition coefficient (Wildman–Crippen LogP) is 2.26. The van der Waals surface area contributed by atoms with Crippen LogP contribution in [0.2, 0.25) is 0 Å². The van der Waals surface area contributed by atoms with Crippen molar-refractivity contribution in [3.8, 4) is 0 Å². The fourth-order valence-electron chi connectivity index (χ4n) is 4.89. The minimum atomic E-state index is -0.543. The smallest absolute Gasteiger partial charge is 0.317 e. The molecule has 1 spiro atoms. The first-order chi connectivity index (χ1) is 11.8. The molecule has 5 rings (SSSR count). The summed E-state index contributed by atoms with van der Waals surface area (Å²) in [5.74, 6) is 0.580. The molecule has 1 N–H and O–H groups in total. The zero-order valence-corrected chi connectivity index (χ0v) is 13.9. The molecule has 2 aliphatic heterocycles. The molecule has 1 aromatic carbocycles. The zero-order valence-electron chi connectivity index (χ0n) is 13.9. The molecule has 2 aliphatic carbocycles. The number of carbonyl (C=O) groups excluding carboxylic acids is 1. The molecule has 128 valence electrons. The van der Waals surface area contributed by atoms with Crippen molar-refractivity contribution in [2.75, 3.05) is 26.3 Å². The van der Waals surface area contributed by atoms with Gasteiger partial charge in [0.15, 0.2) is 5.79 Å². The Morgan fingerprint density at radius 1 is 1.25 bits per heavy atom. The van der Waals surface area contributed by atoms with E-state index in [-0.39, 0.29) is 6.03 Å². The molecule has 0 bridgehead atoms. The van der Waals surface area contributed by atoms with Crippen molar-refractivity contribution in [1.29, 1.82) is 0 Å². The Kier molecular flexibility index (Phi) is 3.35. The van der Waals surface area contributed by atoms with Crippen LogP contribution in [0.25, 0.3) is 0 Å². The molecule has 24 heavy (non-hydrogen) atoms. The summed E-state index contributed by atoms with van der Waals surface area (Å²) in [6.45, 7) is 2.62. The molecule has 0 radical (unpaired) electrons. The van der Waals surface area contributed by atoms with Crippen LogP contribution in [0.3, 0.4) is 0 Å². The number of carbonyl (C=O) groups is 1. The van der Waals surface area contributed by atoms with Gasteiger partial charge in [-0.25, -0.2) is 4.79 Å². The normalized spacial score (nSPS) is 33.0. The first kappa shape index (κ1) is 14.7. The van der Waals surface area contributed by atoms with Gasteiger partial charge in [-0.15, -0.1) is 0 Å². The Morgan fingerprint density at radius 2 is 2.08 bits per heavy atom. The summed E-state index contributed by atoms with van der Waals surface area (Å²) in [6, 6.07) is 9.03. The number of hydrogen-bond donors (Lipinski definition) is 1. The SMILES string of the molecule is O=C(N[C@@H]1[C@H]2CCc3ccccc3[C@@H]21)N1CCCC2(C1)OCCO2. The molecule has 2 heterocycles. The van der Waals surface area contributed by atoms with Gasteiger partial charge >= 0.3 is 6.03 Å². The molecular formula is C19H24N2O3. The molecular weight excluding hydrogens is 304 g/mol. The van der Waals surface area contributed by atoms with Gasteiger partial charge in [0.2, 0.25) is 0 Å². The van der Waals surface area contributed by atoms with Crippen LogP contribution < -0.4 is 5.32 Å². The van der Waals surface area contributed by atoms with Gasteiger partial charge in [-0.05, 0) is 36.3 Å². The van der Waals surface area contributed by atoms with Crippen LogP contribution in [0.1, 0.15) is 36.3 Å². The van der Waals surface area contributed by atoms with Gasteiger partial charge in [0.25, 0.3) is 0 Å². The fraction of sp³-hybridized carbons (Fsp3) is 0.632. The van der Waals surface area contributed by atoms with E-state index in [9.17, 15) is 4.79 Å². The highest BCUT2D eigenvalue weighted by molar-refractivity contribution is 5.75. The highest BCUT2D eigenvalue weighted by Gasteiger charge is 2.54. The number of urea groups is 1. The van der Waals surface area contributed by atoms with E-state index in [4.69, 9.17) is 9.47 Å². The highest BCUT2D eigenvalue weighted by Crippen LogP contribution is 2.54. The summed E-state index contributed by atoms with van der Waals surface area (Å²) in [4.78, 5) is 14.6. The molecule has 1 aromatic rings. The van der Waals surface area contributed by atoms with Crippen LogP contribution in [0.4, 0.5) is 4.79 Å². The predicted molar refractivity (Wildman–Crippen MR) is 88.8 cm³/mol. The number of ether oxygens (including phenoxy) is 2. The maximum Gasteiger partial charge on any atom is 0.317 e. The summed E-state index contributed by atoms with van der Waals surface area (Å²) < 4.78 is 11.6. The van der Waals surface area contributed by atoms with E-state index < -0.39 is 5.79 Å². The van der Waals surface area contributed by atoms with E-state index in [2.05, 4.69) is 29.6 Å². The summed E-state index contributed by atoms with van der Waals surface area (Å²) in [7, 11) is 0. The summed E-state index contributed by atoms with van der Waals surface area (Å²) in [6.07, 6.45) is 4.15. The van der Waals surface area contributed by atoms with Gasteiger partial charge in [0.05, 0.1) is 19.8 Å². The molecule has 5 nitrogen and oxygen atoms in total. The monoisotopic (exact) mass is 328 g/mol. The average molecular weight is 328 g/mol. The molecule has 3 atom stereocenters. The van der Waals surface area contributed by atoms with Gasteiger partial charge in [-0.3, -0.25) is 0 Å². The number of fused-ring (bicyclic) bond motifs is 3. The van der Waals surface area contributed by atoms with Crippen LogP contribution >= 0.6 is 0 Å². The van der Waals surface area contributed by atoms with Crippen molar-refractivity contribution in [1.82, 2.24) is 10.2 Å². The van der Waals surface area contributed by atoms with Gasteiger partial charge in [0.1, 0.15) is 0 Å². The second-order valence-corrected chi connectivity index (χ2v) is 7.54. The van der Waals surface area contributed by atoms with E-state index in [0.717, 1.165) is 25.8 Å². The Labute approximate surface area is 142 Å². The maximum absolute atomic E-state index is 12.7. The quantitative estimate of drug-likeness (QED) is 0.860. The van der Waals surface area contributed by atoms with Gasteiger partial charge in [-0.2, -0.15) is 0 Å². The van der Waals surface area contributed by atoms with Crippen LogP contribution in [-0.4, -0.2) is 49.1 Å². The highest BCUT2D eigenvalue weighted by atomic mass is 16.7. The van der Waals surface area contributed by atoms with E-state index in [1.165, 1.54) is 17.5 Å². The number of benzene rings is 1. The average Bonchev–Trinajstić information content (AvgIpc) is 3.14. The second-order valence-electron chi connectivity index (χ2n) is 7.54. The number of hydrogen-bond acceptors (Lipinski definition) is 3. The molecule has 0 unspecified atom stereocenters. The number of aryl methyl sites for hydroxylation is 1. The number of nitrogens with one attached hydrogen (secondary N) is 1. The number of rotatable bonds is 1. The van der Waals surface area contributed by atoms with Crippen molar-refractivity contribution < 1.29 is 14.3 Å². The molecule has 5 heteroatoms. The van der Waals surface area contributed by atoms with E-state index >= 15 is 0 Å². The topological polar surface area (TPSA) is 50.8 Å². The lowest BCUT2D eigenvalue weighted by atomic mass is 9.92. The Balaban J connectivity index is 1.25. The first-order valence-corrected chi connectivity index (χ1v) is 9.17. The Hall–Kier alpha value is -1.59. The first-order valence-electron chi connectivity index (χ1n) is 9.17. The Morgan fingerprint density at radius 3 is 2.96 bits per heavy atom. The lowest BCUT2D eigenvalue weighted by Gasteiger charge is -2.38.